The molecule has 59 valence electrons. The molecular formula is C9H7N2S. The summed E-state index contributed by atoms with van der Waals surface area (Å²) in [7, 11) is 0. The van der Waals surface area contributed by atoms with E-state index in [1.54, 1.807) is 0 Å². The van der Waals surface area contributed by atoms with Gasteiger partial charge in [0.2, 0.25) is 0 Å². The van der Waals surface area contributed by atoms with Gasteiger partial charge in [0, 0.05) is 5.56 Å². The topological polar surface area (TPSA) is 38.9 Å². The van der Waals surface area contributed by atoms with Gasteiger partial charge in [0.05, 0.1) is 11.1 Å². The Labute approximate surface area is 74.7 Å². The molecule has 1 radical (unpaired) electrons. The molecule has 1 aromatic heterocycles. The summed E-state index contributed by atoms with van der Waals surface area (Å²) in [6, 6.07) is 9.90. The van der Waals surface area contributed by atoms with E-state index in [2.05, 4.69) is 10.4 Å². The van der Waals surface area contributed by atoms with Crippen molar-refractivity contribution in [1.82, 2.24) is 4.98 Å². The van der Waals surface area contributed by atoms with E-state index in [1.807, 2.05) is 30.3 Å². The minimum absolute atomic E-state index is 0.564. The Morgan fingerprint density at radius 3 is 2.58 bits per heavy atom. The lowest BCUT2D eigenvalue weighted by Crippen LogP contribution is -1.82. The van der Waals surface area contributed by atoms with Crippen molar-refractivity contribution in [2.45, 2.75) is 0 Å². The summed E-state index contributed by atoms with van der Waals surface area (Å²) in [5.41, 5.74) is 7.38. The molecule has 3 heteroatoms. The van der Waals surface area contributed by atoms with E-state index >= 15 is 0 Å². The molecule has 2 aromatic rings. The number of nitrogen functional groups attached to an aromatic ring is 1. The highest BCUT2D eigenvalue weighted by molar-refractivity contribution is 7.13. The van der Waals surface area contributed by atoms with Crippen LogP contribution < -0.4 is 5.73 Å². The van der Waals surface area contributed by atoms with Crippen molar-refractivity contribution in [2.24, 2.45) is 0 Å². The van der Waals surface area contributed by atoms with Gasteiger partial charge in [-0.05, 0) is 0 Å². The summed E-state index contributed by atoms with van der Waals surface area (Å²) >= 11 is 1.34. The van der Waals surface area contributed by atoms with Gasteiger partial charge in [-0.15, -0.1) is 0 Å². The molecule has 0 aliphatic heterocycles. The third-order valence-electron chi connectivity index (χ3n) is 1.52. The predicted molar refractivity (Wildman–Crippen MR) is 50.8 cm³/mol. The number of anilines is 1. The van der Waals surface area contributed by atoms with Gasteiger partial charge in [0.1, 0.15) is 0 Å². The molecule has 0 spiro atoms. The quantitative estimate of drug-likeness (QED) is 0.721. The van der Waals surface area contributed by atoms with Crippen LogP contribution in [-0.2, 0) is 0 Å². The highest BCUT2D eigenvalue weighted by atomic mass is 32.1. The molecule has 0 saturated carbocycles. The highest BCUT2D eigenvalue weighted by Crippen LogP contribution is 2.21. The second-order valence-electron chi connectivity index (χ2n) is 2.37. The molecule has 1 heterocycles. The van der Waals surface area contributed by atoms with E-state index in [9.17, 15) is 0 Å². The number of benzene rings is 1. The Balaban J connectivity index is 2.45. The smallest absolute Gasteiger partial charge is 0.181 e. The maximum atomic E-state index is 5.49. The third kappa shape index (κ3) is 1.31. The summed E-state index contributed by atoms with van der Waals surface area (Å²) in [5, 5.41) is 3.59. The first-order chi connectivity index (χ1) is 5.86. The van der Waals surface area contributed by atoms with Crippen LogP contribution >= 0.6 is 11.3 Å². The molecule has 0 aliphatic carbocycles. The number of hydrogen-bond acceptors (Lipinski definition) is 3. The van der Waals surface area contributed by atoms with Crippen molar-refractivity contribution < 1.29 is 0 Å². The molecule has 0 atom stereocenters. The maximum Gasteiger partial charge on any atom is 0.181 e. The molecule has 2 rings (SSSR count). The Kier molecular flexibility index (Phi) is 1.80. The Morgan fingerprint density at radius 2 is 2.00 bits per heavy atom. The molecule has 0 unspecified atom stereocenters. The van der Waals surface area contributed by atoms with E-state index in [0.717, 1.165) is 11.3 Å². The van der Waals surface area contributed by atoms with E-state index in [0.29, 0.717) is 5.13 Å². The lowest BCUT2D eigenvalue weighted by atomic mass is 10.2. The van der Waals surface area contributed by atoms with Crippen LogP contribution in [0, 0.1) is 5.38 Å². The van der Waals surface area contributed by atoms with Gasteiger partial charge in [0.15, 0.2) is 5.13 Å². The fourth-order valence-electron chi connectivity index (χ4n) is 0.976. The standard InChI is InChI=1S/C9H7N2S/c10-9-11-8(6-12-9)7-4-2-1-3-5-7/h1-5H,(H2,10,11). The first-order valence-corrected chi connectivity index (χ1v) is 4.37. The average molecular weight is 175 g/mol. The van der Waals surface area contributed by atoms with Crippen LogP contribution in [0.3, 0.4) is 0 Å². The summed E-state index contributed by atoms with van der Waals surface area (Å²) in [4.78, 5) is 4.12. The van der Waals surface area contributed by atoms with E-state index in [4.69, 9.17) is 5.73 Å². The first-order valence-electron chi connectivity index (χ1n) is 3.55. The maximum absolute atomic E-state index is 5.49. The Bertz CT molecular complexity index is 367. The number of aromatic nitrogens is 1. The molecule has 1 aromatic carbocycles. The second kappa shape index (κ2) is 2.95. The van der Waals surface area contributed by atoms with Crippen LogP contribution in [0.25, 0.3) is 11.3 Å². The second-order valence-corrected chi connectivity index (χ2v) is 3.20. The highest BCUT2D eigenvalue weighted by Gasteiger charge is 2.00. The zero-order chi connectivity index (χ0) is 8.39. The van der Waals surface area contributed by atoms with Crippen molar-refractivity contribution in [3.8, 4) is 11.3 Å². The molecule has 0 amide bonds. The minimum atomic E-state index is 0.564. The molecule has 0 bridgehead atoms. The minimum Gasteiger partial charge on any atom is -0.375 e. The molecule has 0 fully saturated rings. The van der Waals surface area contributed by atoms with Gasteiger partial charge in [-0.3, -0.25) is 0 Å². The zero-order valence-electron chi connectivity index (χ0n) is 6.32. The monoisotopic (exact) mass is 175 g/mol. The van der Waals surface area contributed by atoms with E-state index < -0.39 is 0 Å². The largest absolute Gasteiger partial charge is 0.375 e. The summed E-state index contributed by atoms with van der Waals surface area (Å²) in [6.07, 6.45) is 0. The predicted octanol–water partition coefficient (Wildman–Crippen LogP) is 2.19. The van der Waals surface area contributed by atoms with Gasteiger partial charge < -0.3 is 5.73 Å². The van der Waals surface area contributed by atoms with Crippen molar-refractivity contribution >= 4 is 16.5 Å². The summed E-state index contributed by atoms with van der Waals surface area (Å²) in [6.45, 7) is 0. The zero-order valence-corrected chi connectivity index (χ0v) is 7.14. The first kappa shape index (κ1) is 7.31. The number of hydrogen-bond donors (Lipinski definition) is 1. The van der Waals surface area contributed by atoms with Crippen molar-refractivity contribution in [1.29, 1.82) is 0 Å². The molecular weight excluding hydrogens is 168 g/mol. The molecule has 2 nitrogen and oxygen atoms in total. The average Bonchev–Trinajstić information content (AvgIpc) is 2.54. The van der Waals surface area contributed by atoms with Crippen LogP contribution in [0.1, 0.15) is 0 Å². The van der Waals surface area contributed by atoms with Crippen molar-refractivity contribution in [3.05, 3.63) is 35.7 Å². The van der Waals surface area contributed by atoms with Crippen molar-refractivity contribution in [2.75, 3.05) is 5.73 Å². The number of thiazole rings is 1. The van der Waals surface area contributed by atoms with Crippen LogP contribution in [0.4, 0.5) is 5.13 Å². The van der Waals surface area contributed by atoms with Crippen LogP contribution in [-0.4, -0.2) is 4.98 Å². The van der Waals surface area contributed by atoms with Gasteiger partial charge >= 0.3 is 0 Å². The van der Waals surface area contributed by atoms with Gasteiger partial charge in [0.25, 0.3) is 0 Å². The van der Waals surface area contributed by atoms with Crippen LogP contribution in [0.15, 0.2) is 30.3 Å². The molecule has 12 heavy (non-hydrogen) atoms. The number of nitrogens with zero attached hydrogens (tertiary/aromatic N) is 1. The Morgan fingerprint density at radius 1 is 1.25 bits per heavy atom. The summed E-state index contributed by atoms with van der Waals surface area (Å²) in [5.74, 6) is 0. The van der Waals surface area contributed by atoms with Crippen molar-refractivity contribution in [3.63, 3.8) is 0 Å². The number of nitrogens with two attached hydrogens (primary N) is 1. The van der Waals surface area contributed by atoms with Gasteiger partial charge in [-0.1, -0.05) is 41.7 Å². The van der Waals surface area contributed by atoms with E-state index in [1.165, 1.54) is 11.3 Å². The summed E-state index contributed by atoms with van der Waals surface area (Å²) < 4.78 is 0. The normalized spacial score (nSPS) is 10.0. The third-order valence-corrected chi connectivity index (χ3v) is 2.12. The van der Waals surface area contributed by atoms with Crippen LogP contribution in [0.2, 0.25) is 0 Å². The SMILES string of the molecule is Nc1nc(-c2ccccc2)[c]s1. The lowest BCUT2D eigenvalue weighted by molar-refractivity contribution is 1.41. The number of rotatable bonds is 1. The molecule has 0 saturated heterocycles. The fourth-order valence-corrected chi connectivity index (χ4v) is 1.48. The Hall–Kier alpha value is -1.35. The molecule has 0 aliphatic rings. The van der Waals surface area contributed by atoms with Gasteiger partial charge in [-0.25, -0.2) is 4.98 Å². The fraction of sp³-hybridized carbons (Fsp3) is 0. The molecule has 2 N–H and O–H groups in total. The lowest BCUT2D eigenvalue weighted by Gasteiger charge is -1.92. The van der Waals surface area contributed by atoms with E-state index in [-0.39, 0.29) is 0 Å². The van der Waals surface area contributed by atoms with Crippen LogP contribution in [0.5, 0.6) is 0 Å². The van der Waals surface area contributed by atoms with Gasteiger partial charge in [-0.2, -0.15) is 0 Å².